The molecule has 1 heterocycles. The molecule has 0 saturated heterocycles. The highest BCUT2D eigenvalue weighted by Gasteiger charge is 2.33. The first kappa shape index (κ1) is 29.9. The van der Waals surface area contributed by atoms with E-state index in [4.69, 9.17) is 10.8 Å². The maximum atomic E-state index is 13.0. The number of hydrogen-bond acceptors (Lipinski definition) is 8. The molecule has 0 aliphatic heterocycles. The lowest BCUT2D eigenvalue weighted by molar-refractivity contribution is -0.142. The van der Waals surface area contributed by atoms with Crippen molar-refractivity contribution in [3.05, 3.63) is 18.2 Å². The third-order valence-electron chi connectivity index (χ3n) is 5.36. The lowest BCUT2D eigenvalue weighted by Crippen LogP contribution is -2.59. The molecule has 3 amide bonds. The number of nitrogens with one attached hydrogen (secondary N) is 4. The van der Waals surface area contributed by atoms with Crippen LogP contribution in [0.3, 0.4) is 0 Å². The highest BCUT2D eigenvalue weighted by Crippen LogP contribution is 2.11. The number of rotatable bonds is 16. The van der Waals surface area contributed by atoms with Gasteiger partial charge in [0, 0.05) is 18.3 Å². The number of aromatic amines is 1. The van der Waals surface area contributed by atoms with Crippen molar-refractivity contribution in [1.29, 1.82) is 0 Å². The van der Waals surface area contributed by atoms with Crippen LogP contribution in [0.2, 0.25) is 0 Å². The molecule has 1 aromatic rings. The largest absolute Gasteiger partial charge is 0.481 e. The monoisotopic (exact) mass is 514 g/mol. The Morgan fingerprint density at radius 2 is 1.74 bits per heavy atom. The third kappa shape index (κ3) is 10.3. The number of carboxylic acids is 2. The van der Waals surface area contributed by atoms with Crippen molar-refractivity contribution in [3.8, 4) is 0 Å². The lowest BCUT2D eigenvalue weighted by Gasteiger charge is -2.28. The first-order valence-electron chi connectivity index (χ1n) is 11.1. The molecule has 1 aromatic heterocycles. The van der Waals surface area contributed by atoms with E-state index >= 15 is 0 Å². The van der Waals surface area contributed by atoms with Crippen molar-refractivity contribution < 1.29 is 34.2 Å². The molecular weight excluding hydrogens is 480 g/mol. The van der Waals surface area contributed by atoms with Gasteiger partial charge >= 0.3 is 11.9 Å². The molecule has 13 nitrogen and oxygen atoms in total. The Labute approximate surface area is 207 Å². The average molecular weight is 515 g/mol. The van der Waals surface area contributed by atoms with Crippen LogP contribution in [0.1, 0.15) is 38.8 Å². The molecular formula is C21H34N6O7S. The summed E-state index contributed by atoms with van der Waals surface area (Å²) in [5, 5.41) is 25.9. The van der Waals surface area contributed by atoms with Gasteiger partial charge in [0.2, 0.25) is 17.7 Å². The van der Waals surface area contributed by atoms with Crippen LogP contribution in [-0.2, 0) is 30.4 Å². The maximum absolute atomic E-state index is 13.0. The number of amides is 3. The number of carbonyl (C=O) groups excluding carboxylic acids is 3. The van der Waals surface area contributed by atoms with Crippen LogP contribution in [0.25, 0.3) is 0 Å². The SMILES string of the molecule is CCC(C)C(NC(=O)C(CCSC)NC(=O)C(N)CC(=O)O)C(=O)NC(Cc1cnc[nH]1)C(=O)O. The average Bonchev–Trinajstić information content (AvgIpc) is 3.31. The second-order valence-corrected chi connectivity index (χ2v) is 9.08. The molecule has 14 heteroatoms. The zero-order valence-corrected chi connectivity index (χ0v) is 20.8. The molecule has 8 N–H and O–H groups in total. The number of imidazole rings is 1. The van der Waals surface area contributed by atoms with Gasteiger partial charge in [-0.1, -0.05) is 20.3 Å². The molecule has 0 bridgehead atoms. The summed E-state index contributed by atoms with van der Waals surface area (Å²) in [7, 11) is 0. The number of aromatic nitrogens is 2. The van der Waals surface area contributed by atoms with E-state index in [0.717, 1.165) is 0 Å². The fourth-order valence-electron chi connectivity index (χ4n) is 3.10. The second kappa shape index (κ2) is 15.0. The van der Waals surface area contributed by atoms with E-state index in [1.807, 2.05) is 13.2 Å². The van der Waals surface area contributed by atoms with Crippen LogP contribution < -0.4 is 21.7 Å². The number of carboxylic acid groups (broad SMARTS) is 2. The maximum Gasteiger partial charge on any atom is 0.326 e. The minimum Gasteiger partial charge on any atom is -0.481 e. The van der Waals surface area contributed by atoms with E-state index in [0.29, 0.717) is 17.9 Å². The standard InChI is InChI=1S/C21H34N6O7S/c1-4-11(2)17(20(32)26-15(21(33)34)7-12-9-23-10-24-12)27-19(31)14(5-6-35-3)25-18(30)13(22)8-16(28)29/h9-11,13-15,17H,4-8,22H2,1-3H3,(H,23,24)(H,25,30)(H,26,32)(H,27,31)(H,28,29)(H,33,34). The van der Waals surface area contributed by atoms with Crippen LogP contribution in [0.15, 0.2) is 12.5 Å². The van der Waals surface area contributed by atoms with Crippen LogP contribution in [0, 0.1) is 5.92 Å². The number of thioether (sulfide) groups is 1. The van der Waals surface area contributed by atoms with Gasteiger partial charge in [-0.2, -0.15) is 11.8 Å². The molecule has 1 rings (SSSR count). The number of carbonyl (C=O) groups is 5. The number of nitrogens with two attached hydrogens (primary N) is 1. The van der Waals surface area contributed by atoms with E-state index in [2.05, 4.69) is 25.9 Å². The Morgan fingerprint density at radius 1 is 1.09 bits per heavy atom. The number of nitrogens with zero attached hydrogens (tertiary/aromatic N) is 1. The van der Waals surface area contributed by atoms with Gasteiger partial charge in [0.1, 0.15) is 18.1 Å². The van der Waals surface area contributed by atoms with E-state index in [-0.39, 0.29) is 18.8 Å². The first-order valence-corrected chi connectivity index (χ1v) is 12.5. The summed E-state index contributed by atoms with van der Waals surface area (Å²) < 4.78 is 0. The van der Waals surface area contributed by atoms with Gasteiger partial charge in [-0.15, -0.1) is 0 Å². The normalized spacial score (nSPS) is 15.2. The Hall–Kier alpha value is -3.13. The number of H-pyrrole nitrogens is 1. The topological polar surface area (TPSA) is 217 Å². The van der Waals surface area contributed by atoms with Gasteiger partial charge in [-0.05, 0) is 24.3 Å². The molecule has 0 aliphatic carbocycles. The van der Waals surface area contributed by atoms with Gasteiger partial charge in [0.15, 0.2) is 0 Å². The summed E-state index contributed by atoms with van der Waals surface area (Å²) in [6.07, 6.45) is 4.73. The molecule has 0 fully saturated rings. The summed E-state index contributed by atoms with van der Waals surface area (Å²) in [5.41, 5.74) is 6.11. The molecule has 0 aromatic carbocycles. The van der Waals surface area contributed by atoms with E-state index in [9.17, 15) is 29.1 Å². The number of aliphatic carboxylic acids is 2. The van der Waals surface area contributed by atoms with Gasteiger partial charge in [0.25, 0.3) is 0 Å². The predicted octanol–water partition coefficient (Wildman–Crippen LogP) is -0.908. The molecule has 0 saturated carbocycles. The minimum atomic E-state index is -1.34. The highest BCUT2D eigenvalue weighted by molar-refractivity contribution is 7.98. The van der Waals surface area contributed by atoms with Crippen molar-refractivity contribution in [1.82, 2.24) is 25.9 Å². The summed E-state index contributed by atoms with van der Waals surface area (Å²) >= 11 is 1.43. The Kier molecular flexibility index (Phi) is 12.8. The highest BCUT2D eigenvalue weighted by atomic mass is 32.2. The van der Waals surface area contributed by atoms with E-state index in [1.165, 1.54) is 24.3 Å². The summed E-state index contributed by atoms with van der Waals surface area (Å²) in [5.74, 6) is -4.50. The zero-order chi connectivity index (χ0) is 26.5. The Morgan fingerprint density at radius 3 is 2.26 bits per heavy atom. The van der Waals surface area contributed by atoms with Crippen LogP contribution in [0.4, 0.5) is 0 Å². The molecule has 35 heavy (non-hydrogen) atoms. The van der Waals surface area contributed by atoms with Crippen LogP contribution in [-0.4, -0.2) is 86.0 Å². The van der Waals surface area contributed by atoms with Crippen LogP contribution >= 0.6 is 11.8 Å². The molecule has 0 radical (unpaired) electrons. The second-order valence-electron chi connectivity index (χ2n) is 8.10. The molecule has 5 unspecified atom stereocenters. The van der Waals surface area contributed by atoms with Gasteiger partial charge in [0.05, 0.1) is 18.8 Å². The van der Waals surface area contributed by atoms with Crippen molar-refractivity contribution in [2.24, 2.45) is 11.7 Å². The summed E-state index contributed by atoms with van der Waals surface area (Å²) in [4.78, 5) is 67.5. The molecule has 0 aliphatic rings. The van der Waals surface area contributed by atoms with Crippen LogP contribution in [0.5, 0.6) is 0 Å². The summed E-state index contributed by atoms with van der Waals surface area (Å²) in [6, 6.07) is -4.73. The first-order chi connectivity index (χ1) is 16.5. The smallest absolute Gasteiger partial charge is 0.326 e. The molecule has 196 valence electrons. The van der Waals surface area contributed by atoms with Crippen molar-refractivity contribution in [3.63, 3.8) is 0 Å². The quantitative estimate of drug-likeness (QED) is 0.144. The fourth-order valence-corrected chi connectivity index (χ4v) is 3.57. The van der Waals surface area contributed by atoms with Gasteiger partial charge in [-0.3, -0.25) is 19.2 Å². The predicted molar refractivity (Wildman–Crippen MR) is 128 cm³/mol. The zero-order valence-electron chi connectivity index (χ0n) is 19.9. The van der Waals surface area contributed by atoms with Gasteiger partial charge < -0.3 is 36.9 Å². The fraction of sp³-hybridized carbons (Fsp3) is 0.619. The summed E-state index contributed by atoms with van der Waals surface area (Å²) in [6.45, 7) is 3.54. The Balaban J connectivity index is 2.98. The Bertz CT molecular complexity index is 866. The van der Waals surface area contributed by atoms with Gasteiger partial charge in [-0.25, -0.2) is 9.78 Å². The van der Waals surface area contributed by atoms with Crippen molar-refractivity contribution >= 4 is 41.4 Å². The number of hydrogen-bond donors (Lipinski definition) is 7. The molecule has 5 atom stereocenters. The van der Waals surface area contributed by atoms with E-state index < -0.39 is 60.2 Å². The minimum absolute atomic E-state index is 0.0316. The lowest BCUT2D eigenvalue weighted by atomic mass is 9.97. The van der Waals surface area contributed by atoms with Crippen molar-refractivity contribution in [2.45, 2.75) is 63.7 Å². The van der Waals surface area contributed by atoms with E-state index in [1.54, 1.807) is 6.92 Å². The third-order valence-corrected chi connectivity index (χ3v) is 6.01. The van der Waals surface area contributed by atoms with Crippen molar-refractivity contribution in [2.75, 3.05) is 12.0 Å². The molecule has 0 spiro atoms.